The first-order chi connectivity index (χ1) is 18.7. The van der Waals surface area contributed by atoms with Crippen molar-refractivity contribution in [3.8, 4) is 0 Å². The molecule has 0 aliphatic rings. The lowest BCUT2D eigenvalue weighted by Gasteiger charge is -2.33. The molecular weight excluding hydrogens is 494 g/mol. The third-order valence-corrected chi connectivity index (χ3v) is 6.66. The highest BCUT2D eigenvalue weighted by Gasteiger charge is 2.40. The molecule has 7 heteroatoms. The summed E-state index contributed by atoms with van der Waals surface area (Å²) in [5.41, 5.74) is 8.34. The number of carbonyl (C=O) groups excluding carboxylic acids is 1. The van der Waals surface area contributed by atoms with E-state index in [1.807, 2.05) is 121 Å². The second-order valence-corrected chi connectivity index (χ2v) is 9.33. The highest BCUT2D eigenvalue weighted by molar-refractivity contribution is 7.13. The van der Waals surface area contributed by atoms with Gasteiger partial charge in [-0.15, -0.1) is 11.3 Å². The van der Waals surface area contributed by atoms with Crippen LogP contribution in [0.1, 0.15) is 27.9 Å². The van der Waals surface area contributed by atoms with Crippen molar-refractivity contribution in [2.24, 2.45) is 5.16 Å². The lowest BCUT2D eigenvalue weighted by Crippen LogP contribution is -2.32. The molecule has 6 nitrogen and oxygen atoms in total. The Balaban J connectivity index is 1.61. The van der Waals surface area contributed by atoms with Gasteiger partial charge in [-0.3, -0.25) is 0 Å². The van der Waals surface area contributed by atoms with Crippen molar-refractivity contribution in [1.29, 1.82) is 0 Å². The zero-order valence-corrected chi connectivity index (χ0v) is 21.3. The first kappa shape index (κ1) is 24.9. The number of rotatable bonds is 9. The molecule has 0 amide bonds. The van der Waals surface area contributed by atoms with Gasteiger partial charge in [-0.2, -0.15) is 0 Å². The van der Waals surface area contributed by atoms with Gasteiger partial charge in [-0.05, 0) is 5.56 Å². The van der Waals surface area contributed by atoms with Crippen LogP contribution in [0.4, 0.5) is 5.13 Å². The molecule has 5 rings (SSSR count). The summed E-state index contributed by atoms with van der Waals surface area (Å²) in [7, 11) is 0. The average Bonchev–Trinajstić information content (AvgIpc) is 3.42. The van der Waals surface area contributed by atoms with Crippen LogP contribution in [-0.4, -0.2) is 16.7 Å². The Morgan fingerprint density at radius 2 is 1.24 bits per heavy atom. The predicted octanol–water partition coefficient (Wildman–Crippen LogP) is 6.18. The largest absolute Gasteiger partial charge is 0.456 e. The molecule has 4 aromatic carbocycles. The number of ether oxygens (including phenoxy) is 1. The molecule has 1 heterocycles. The van der Waals surface area contributed by atoms with Crippen molar-refractivity contribution in [3.05, 3.63) is 155 Å². The van der Waals surface area contributed by atoms with E-state index in [9.17, 15) is 4.79 Å². The maximum absolute atomic E-state index is 13.3. The van der Waals surface area contributed by atoms with Crippen LogP contribution in [-0.2, 0) is 26.6 Å². The number of hydrogen-bond acceptors (Lipinski definition) is 7. The number of benzene rings is 4. The molecule has 5 aromatic rings. The molecule has 0 saturated carbocycles. The second-order valence-electron chi connectivity index (χ2n) is 8.44. The summed E-state index contributed by atoms with van der Waals surface area (Å²) in [6.07, 6.45) is 0. The van der Waals surface area contributed by atoms with Crippen molar-refractivity contribution in [2.75, 3.05) is 5.73 Å². The van der Waals surface area contributed by atoms with E-state index in [4.69, 9.17) is 15.3 Å². The van der Waals surface area contributed by atoms with Crippen molar-refractivity contribution in [3.63, 3.8) is 0 Å². The van der Waals surface area contributed by atoms with Gasteiger partial charge in [0, 0.05) is 22.1 Å². The highest BCUT2D eigenvalue weighted by atomic mass is 32.1. The first-order valence-corrected chi connectivity index (χ1v) is 12.9. The summed E-state index contributed by atoms with van der Waals surface area (Å²) in [5, 5.41) is 6.42. The summed E-state index contributed by atoms with van der Waals surface area (Å²) < 4.78 is 5.61. The van der Waals surface area contributed by atoms with Crippen molar-refractivity contribution >= 4 is 28.1 Å². The van der Waals surface area contributed by atoms with Crippen LogP contribution >= 0.6 is 11.3 Å². The number of nitrogens with two attached hydrogens (primary N) is 1. The molecule has 38 heavy (non-hydrogen) atoms. The molecule has 2 N–H and O–H groups in total. The van der Waals surface area contributed by atoms with Crippen LogP contribution in [0.3, 0.4) is 0 Å². The Morgan fingerprint density at radius 1 is 0.763 bits per heavy atom. The molecule has 0 fully saturated rings. The maximum atomic E-state index is 13.3. The van der Waals surface area contributed by atoms with Gasteiger partial charge < -0.3 is 15.3 Å². The zero-order chi connectivity index (χ0) is 26.2. The summed E-state index contributed by atoms with van der Waals surface area (Å²) in [6, 6.07) is 38.8. The van der Waals surface area contributed by atoms with E-state index in [2.05, 4.69) is 10.1 Å². The minimum absolute atomic E-state index is 0.0685. The van der Waals surface area contributed by atoms with Gasteiger partial charge in [0.05, 0.1) is 0 Å². The number of nitrogens with zero attached hydrogens (tertiary/aromatic N) is 2. The van der Waals surface area contributed by atoms with E-state index in [0.717, 1.165) is 22.3 Å². The van der Waals surface area contributed by atoms with Crippen molar-refractivity contribution in [2.45, 2.75) is 12.2 Å². The van der Waals surface area contributed by atoms with E-state index in [1.165, 1.54) is 11.3 Å². The third-order valence-electron chi connectivity index (χ3n) is 5.99. The normalized spacial score (nSPS) is 11.6. The van der Waals surface area contributed by atoms with Gasteiger partial charge in [0.2, 0.25) is 11.3 Å². The summed E-state index contributed by atoms with van der Waals surface area (Å²) >= 11 is 1.21. The lowest BCUT2D eigenvalue weighted by molar-refractivity contribution is -0.137. The number of anilines is 1. The number of thiazole rings is 1. The molecule has 0 aliphatic carbocycles. The van der Waals surface area contributed by atoms with Crippen molar-refractivity contribution < 1.29 is 14.4 Å². The molecule has 0 atom stereocenters. The van der Waals surface area contributed by atoms with Crippen LogP contribution in [0.2, 0.25) is 0 Å². The second kappa shape index (κ2) is 11.5. The minimum atomic E-state index is -1.16. The number of hydrogen-bond donors (Lipinski definition) is 1. The summed E-state index contributed by atoms with van der Waals surface area (Å²) in [4.78, 5) is 24.1. The van der Waals surface area contributed by atoms with Crippen LogP contribution in [0, 0.1) is 0 Å². The zero-order valence-electron chi connectivity index (χ0n) is 20.4. The topological polar surface area (TPSA) is 86.8 Å². The molecular formula is C31H25N3O3S. The van der Waals surface area contributed by atoms with Gasteiger partial charge in [0.15, 0.2) is 5.13 Å². The van der Waals surface area contributed by atoms with Crippen LogP contribution in [0.5, 0.6) is 0 Å². The fourth-order valence-corrected chi connectivity index (χ4v) is 4.72. The number of aromatic nitrogens is 1. The van der Waals surface area contributed by atoms with Crippen LogP contribution in [0.25, 0.3) is 0 Å². The van der Waals surface area contributed by atoms with E-state index < -0.39 is 11.6 Å². The molecule has 0 bridgehead atoms. The fourth-order valence-electron chi connectivity index (χ4n) is 4.17. The van der Waals surface area contributed by atoms with Gasteiger partial charge in [0.25, 0.3) is 0 Å². The van der Waals surface area contributed by atoms with Gasteiger partial charge in [0.1, 0.15) is 12.3 Å². The monoisotopic (exact) mass is 519 g/mol. The van der Waals surface area contributed by atoms with E-state index in [0.29, 0.717) is 5.13 Å². The molecule has 0 spiro atoms. The summed E-state index contributed by atoms with van der Waals surface area (Å²) in [6.45, 7) is 0.0828. The third kappa shape index (κ3) is 5.33. The minimum Gasteiger partial charge on any atom is -0.456 e. The number of carbonyl (C=O) groups is 1. The standard InChI is InChI=1S/C31H25N3O3S/c32-30-33-27(22-38-30)28(29(35)36-21-23-13-5-1-6-14-23)34-37-31(24-15-7-2-8-16-24,25-17-9-3-10-18-25)26-19-11-4-12-20-26/h1-20,22H,21H2,(H2,32,33). The lowest BCUT2D eigenvalue weighted by atomic mass is 9.80. The molecule has 0 radical (unpaired) electrons. The molecule has 0 aliphatic heterocycles. The molecule has 188 valence electrons. The number of nitrogen functional groups attached to an aromatic ring is 1. The molecule has 0 saturated heterocycles. The summed E-state index contributed by atoms with van der Waals surface area (Å²) in [5.74, 6) is -0.665. The maximum Gasteiger partial charge on any atom is 0.363 e. The van der Waals surface area contributed by atoms with E-state index in [1.54, 1.807) is 5.38 Å². The Morgan fingerprint density at radius 3 is 1.68 bits per heavy atom. The SMILES string of the molecule is Nc1nc(C(=NOC(c2ccccc2)(c2ccccc2)c2ccccc2)C(=O)OCc2ccccc2)cs1. The van der Waals surface area contributed by atoms with E-state index >= 15 is 0 Å². The van der Waals surface area contributed by atoms with Gasteiger partial charge >= 0.3 is 5.97 Å². The fraction of sp³-hybridized carbons (Fsp3) is 0.0645. The number of esters is 1. The average molecular weight is 520 g/mol. The Kier molecular flexibility index (Phi) is 7.57. The Hall–Kier alpha value is -4.75. The van der Waals surface area contributed by atoms with Crippen LogP contribution in [0.15, 0.2) is 132 Å². The number of oxime groups is 1. The van der Waals surface area contributed by atoms with E-state index in [-0.39, 0.29) is 18.0 Å². The highest BCUT2D eigenvalue weighted by Crippen LogP contribution is 2.40. The van der Waals surface area contributed by atoms with Crippen molar-refractivity contribution in [1.82, 2.24) is 4.98 Å². The quantitative estimate of drug-likeness (QED) is 0.109. The molecule has 1 aromatic heterocycles. The van der Waals surface area contributed by atoms with Crippen LogP contribution < -0.4 is 5.73 Å². The Bertz CT molecular complexity index is 1410. The first-order valence-electron chi connectivity index (χ1n) is 12.0. The smallest absolute Gasteiger partial charge is 0.363 e. The Labute approximate surface area is 225 Å². The predicted molar refractivity (Wildman–Crippen MR) is 150 cm³/mol. The van der Waals surface area contributed by atoms with Gasteiger partial charge in [-0.1, -0.05) is 126 Å². The van der Waals surface area contributed by atoms with Gasteiger partial charge in [-0.25, -0.2) is 9.78 Å². The molecule has 0 unspecified atom stereocenters.